The van der Waals surface area contributed by atoms with Gasteiger partial charge in [-0.2, -0.15) is 5.10 Å². The van der Waals surface area contributed by atoms with Gasteiger partial charge in [0.05, 0.1) is 38.1 Å². The number of fused-ring (bicyclic) bond motifs is 2. The number of hydrogen-bond acceptors (Lipinski definition) is 8. The fourth-order valence-corrected chi connectivity index (χ4v) is 6.27. The van der Waals surface area contributed by atoms with Crippen molar-refractivity contribution in [1.29, 1.82) is 0 Å². The van der Waals surface area contributed by atoms with Crippen LogP contribution in [0.4, 0.5) is 4.39 Å². The maximum Gasteiger partial charge on any atom is 0.325 e. The van der Waals surface area contributed by atoms with Gasteiger partial charge in [-0.25, -0.2) is 8.98 Å². The van der Waals surface area contributed by atoms with E-state index in [9.17, 15) is 24.0 Å². The molecule has 3 aliphatic heterocycles. The van der Waals surface area contributed by atoms with Crippen molar-refractivity contribution in [3.63, 3.8) is 0 Å². The largest absolute Gasteiger partial charge is 0.468 e. The van der Waals surface area contributed by atoms with Crippen molar-refractivity contribution in [2.45, 2.75) is 52.0 Å². The molecule has 0 aliphatic carbocycles. The molecule has 0 unspecified atom stereocenters. The lowest BCUT2D eigenvalue weighted by atomic mass is 9.89. The summed E-state index contributed by atoms with van der Waals surface area (Å²) in [6.45, 7) is 4.69. The Labute approximate surface area is 276 Å². The summed E-state index contributed by atoms with van der Waals surface area (Å²) in [5, 5.41) is 16.1. The average molecular weight is 663 g/mol. The topological polar surface area (TPSA) is 154 Å². The zero-order valence-corrected chi connectivity index (χ0v) is 27.6. The summed E-state index contributed by atoms with van der Waals surface area (Å²) in [5.74, 6) is -1.46. The van der Waals surface area contributed by atoms with Crippen molar-refractivity contribution in [1.82, 2.24) is 34.9 Å². The third kappa shape index (κ3) is 7.13. The van der Waals surface area contributed by atoms with Gasteiger partial charge in [-0.3, -0.25) is 23.9 Å². The quantitative estimate of drug-likeness (QED) is 0.149. The number of aldehydes is 1. The second kappa shape index (κ2) is 14.4. The summed E-state index contributed by atoms with van der Waals surface area (Å²) in [6.07, 6.45) is 5.01. The molecule has 7 rings (SSSR count). The number of quaternary nitrogens is 1. The van der Waals surface area contributed by atoms with Crippen molar-refractivity contribution < 1.29 is 33.1 Å². The lowest BCUT2D eigenvalue weighted by Gasteiger charge is -2.38. The van der Waals surface area contributed by atoms with Gasteiger partial charge in [0.25, 0.3) is 0 Å². The standard InChI is InChI=1S/C27H28FN7O4.C7H12O2/c1-35-8-6-16(7-9-35)27-26-18(19-11-22-17(10-20(19)28)12-31-34(22)35)4-3-5-21(26)33(32-27)15-24(37)29-13-23(36)30-14-25(38)39-2;1-6(2)7(9)4-3-5-8/h3-5,10-12,16H,6-9,13-15H2,1-2H3,(H-,29,30,36,37);5-6H,3-4H2,1-2H3/p+1. The normalized spacial score (nSPS) is 17.8. The van der Waals surface area contributed by atoms with Gasteiger partial charge in [-0.15, -0.1) is 9.89 Å². The van der Waals surface area contributed by atoms with E-state index in [4.69, 9.17) is 5.10 Å². The third-order valence-electron chi connectivity index (χ3n) is 9.05. The zero-order valence-electron chi connectivity index (χ0n) is 27.6. The van der Waals surface area contributed by atoms with Crippen molar-refractivity contribution in [2.75, 3.05) is 40.3 Å². The maximum absolute atomic E-state index is 15.5. The molecule has 0 radical (unpaired) electrons. The zero-order chi connectivity index (χ0) is 34.6. The van der Waals surface area contributed by atoms with E-state index < -0.39 is 17.8 Å². The molecule has 2 aromatic heterocycles. The fraction of sp³-hybridized carbons (Fsp3) is 0.441. The first-order valence-electron chi connectivity index (χ1n) is 16.0. The molecule has 3 aliphatic rings. The first-order valence-corrected chi connectivity index (χ1v) is 16.0. The molecular weight excluding hydrogens is 621 g/mol. The molecule has 2 N–H and O–H groups in total. The Balaban J connectivity index is 0.000000441. The Morgan fingerprint density at radius 2 is 1.79 bits per heavy atom. The van der Waals surface area contributed by atoms with Gasteiger partial charge in [-0.1, -0.05) is 26.0 Å². The van der Waals surface area contributed by atoms with Crippen molar-refractivity contribution in [3.8, 4) is 11.1 Å². The predicted octanol–water partition coefficient (Wildman–Crippen LogP) is 2.75. The maximum atomic E-state index is 15.5. The Hall–Kier alpha value is -4.98. The summed E-state index contributed by atoms with van der Waals surface area (Å²) in [4.78, 5) is 58.5. The van der Waals surface area contributed by atoms with E-state index in [-0.39, 0.29) is 43.1 Å². The monoisotopic (exact) mass is 662 g/mol. The van der Waals surface area contributed by atoms with Crippen LogP contribution in [0.25, 0.3) is 32.9 Å². The third-order valence-corrected chi connectivity index (χ3v) is 9.05. The van der Waals surface area contributed by atoms with Crippen LogP contribution in [-0.4, -0.2) is 89.9 Å². The molecule has 13 nitrogen and oxygen atoms in total. The van der Waals surface area contributed by atoms with Gasteiger partial charge in [0.15, 0.2) is 0 Å². The van der Waals surface area contributed by atoms with E-state index >= 15 is 4.39 Å². The summed E-state index contributed by atoms with van der Waals surface area (Å²) < 4.78 is 22.3. The number of ketones is 1. The molecule has 0 saturated carbocycles. The molecule has 5 heterocycles. The van der Waals surface area contributed by atoms with Gasteiger partial charge < -0.3 is 20.2 Å². The minimum absolute atomic E-state index is 0.0740. The number of amides is 2. The molecule has 4 bridgehead atoms. The van der Waals surface area contributed by atoms with Crippen LogP contribution >= 0.6 is 0 Å². The molecule has 254 valence electrons. The van der Waals surface area contributed by atoms with Crippen LogP contribution in [0.15, 0.2) is 36.5 Å². The minimum atomic E-state index is -0.581. The molecule has 4 aromatic rings. The van der Waals surface area contributed by atoms with Crippen LogP contribution in [0.5, 0.6) is 0 Å². The van der Waals surface area contributed by atoms with Crippen molar-refractivity contribution in [2.24, 2.45) is 5.92 Å². The van der Waals surface area contributed by atoms with Crippen molar-refractivity contribution >= 4 is 51.7 Å². The molecule has 0 atom stereocenters. The molecule has 2 aromatic carbocycles. The molecule has 1 saturated heterocycles. The number of rotatable bonds is 10. The first kappa shape index (κ1) is 34.4. The molecule has 0 spiro atoms. The summed E-state index contributed by atoms with van der Waals surface area (Å²) in [6, 6.07) is 9.03. The highest BCUT2D eigenvalue weighted by molar-refractivity contribution is 6.00. The highest BCUT2D eigenvalue weighted by Gasteiger charge is 2.38. The Bertz CT molecular complexity index is 1870. The van der Waals surface area contributed by atoms with Crippen LogP contribution in [0.2, 0.25) is 0 Å². The number of benzene rings is 2. The van der Waals surface area contributed by atoms with Crippen LogP contribution in [-0.2, 0) is 35.3 Å². The average Bonchev–Trinajstić information content (AvgIpc) is 3.66. The number of ether oxygens (including phenoxy) is 1. The summed E-state index contributed by atoms with van der Waals surface area (Å²) >= 11 is 0. The highest BCUT2D eigenvalue weighted by Crippen LogP contribution is 2.41. The van der Waals surface area contributed by atoms with Crippen LogP contribution in [0, 0.1) is 11.7 Å². The Kier molecular flexibility index (Phi) is 10.3. The number of nitrogens with one attached hydrogen (secondary N) is 2. The second-order valence-corrected chi connectivity index (χ2v) is 12.7. The molecular formula is C34H41FN7O6+. The van der Waals surface area contributed by atoms with Gasteiger partial charge in [0.2, 0.25) is 11.8 Å². The van der Waals surface area contributed by atoms with Crippen LogP contribution in [0.3, 0.4) is 0 Å². The number of halogens is 1. The summed E-state index contributed by atoms with van der Waals surface area (Å²) in [7, 11) is 3.37. The molecule has 2 amide bonds. The Morgan fingerprint density at radius 3 is 2.48 bits per heavy atom. The highest BCUT2D eigenvalue weighted by atomic mass is 19.1. The van der Waals surface area contributed by atoms with E-state index in [1.807, 2.05) is 42.9 Å². The molecule has 1 fully saturated rings. The van der Waals surface area contributed by atoms with E-state index in [1.54, 1.807) is 10.9 Å². The van der Waals surface area contributed by atoms with Gasteiger partial charge in [-0.05, 0) is 23.8 Å². The van der Waals surface area contributed by atoms with E-state index in [0.717, 1.165) is 65.3 Å². The number of aromatic nitrogens is 4. The predicted molar refractivity (Wildman–Crippen MR) is 177 cm³/mol. The number of Topliss-reactive ketones (excluding diaryl/α,β-unsaturated/α-hetero) is 1. The van der Waals surface area contributed by atoms with E-state index in [2.05, 4.69) is 27.5 Å². The Morgan fingerprint density at radius 1 is 1.06 bits per heavy atom. The number of hydrogen-bond donors (Lipinski definition) is 2. The van der Waals surface area contributed by atoms with Gasteiger partial charge in [0, 0.05) is 53.9 Å². The first-order chi connectivity index (χ1) is 22.9. The smallest absolute Gasteiger partial charge is 0.325 e. The number of methoxy groups -OCH3 is 1. The second-order valence-electron chi connectivity index (χ2n) is 12.7. The van der Waals surface area contributed by atoms with Crippen LogP contribution in [0.1, 0.15) is 51.1 Å². The van der Waals surface area contributed by atoms with Gasteiger partial charge >= 0.3 is 5.97 Å². The van der Waals surface area contributed by atoms with Gasteiger partial charge in [0.1, 0.15) is 49.6 Å². The summed E-state index contributed by atoms with van der Waals surface area (Å²) in [5.41, 5.74) is 3.66. The van der Waals surface area contributed by atoms with Crippen LogP contribution < -0.4 is 15.2 Å². The lowest BCUT2D eigenvalue weighted by molar-refractivity contribution is -0.141. The number of esters is 1. The fourth-order valence-electron chi connectivity index (χ4n) is 6.27. The minimum Gasteiger partial charge on any atom is -0.468 e. The van der Waals surface area contributed by atoms with E-state index in [1.165, 1.54) is 13.2 Å². The van der Waals surface area contributed by atoms with Crippen molar-refractivity contribution in [3.05, 3.63) is 48.0 Å². The number of carbonyl (C=O) groups is 5. The van der Waals surface area contributed by atoms with E-state index in [0.29, 0.717) is 23.0 Å². The number of carbonyl (C=O) groups excluding carboxylic acids is 5. The number of nitrogens with zero attached hydrogens (tertiary/aromatic N) is 5. The lowest BCUT2D eigenvalue weighted by Crippen LogP contribution is -2.59. The SMILES string of the molecule is CC(C)C(=O)CCC=O.COC(=O)CNC(=O)CNC(=O)Cn1nc2c3c(cccc31)-c1cc3c(cnn3[N+]3(C)CCC2CC3)cc1F. The number of piperidine rings is 1. The molecule has 14 heteroatoms. The molecule has 48 heavy (non-hydrogen) atoms.